The molecule has 1 aliphatic carbocycles. The number of hydrogen-bond donors (Lipinski definition) is 1. The van der Waals surface area contributed by atoms with E-state index in [1.54, 1.807) is 0 Å². The summed E-state index contributed by atoms with van der Waals surface area (Å²) < 4.78 is 0. The van der Waals surface area contributed by atoms with Gasteiger partial charge in [0, 0.05) is 18.2 Å². The molecule has 1 rings (SSSR count). The molecule has 0 bridgehead atoms. The van der Waals surface area contributed by atoms with Crippen molar-refractivity contribution in [1.82, 2.24) is 5.32 Å². The highest BCUT2D eigenvalue weighted by molar-refractivity contribution is 5.30. The lowest BCUT2D eigenvalue weighted by atomic mass is 9.91. The van der Waals surface area contributed by atoms with Gasteiger partial charge in [-0.2, -0.15) is 0 Å². The van der Waals surface area contributed by atoms with Crippen LogP contribution >= 0.6 is 0 Å². The highest BCUT2D eigenvalue weighted by Gasteiger charge is 2.20. The van der Waals surface area contributed by atoms with Crippen LogP contribution in [0.2, 0.25) is 0 Å². The average Bonchev–Trinajstić information content (AvgIpc) is 2.38. The third-order valence-electron chi connectivity index (χ3n) is 2.17. The van der Waals surface area contributed by atoms with Gasteiger partial charge in [-0.05, 0) is 12.2 Å². The molecule has 1 N–H and O–H groups in total. The van der Waals surface area contributed by atoms with Crippen LogP contribution in [0, 0.1) is 15.5 Å². The van der Waals surface area contributed by atoms with Crippen LogP contribution in [-0.4, -0.2) is 18.7 Å². The van der Waals surface area contributed by atoms with Gasteiger partial charge in [-0.15, -0.1) is 10.1 Å². The van der Waals surface area contributed by atoms with E-state index in [1.807, 2.05) is 44.4 Å². The molecule has 1 aliphatic rings. The van der Waals surface area contributed by atoms with E-state index in [0.717, 1.165) is 5.70 Å². The van der Waals surface area contributed by atoms with E-state index in [9.17, 15) is 10.1 Å². The normalized spacial score (nSPS) is 24.3. The van der Waals surface area contributed by atoms with Crippen molar-refractivity contribution >= 4 is 0 Å². The summed E-state index contributed by atoms with van der Waals surface area (Å²) >= 11 is 0. The molecule has 0 spiro atoms. The van der Waals surface area contributed by atoms with Crippen LogP contribution in [0.3, 0.4) is 0 Å². The molecule has 1 atom stereocenters. The van der Waals surface area contributed by atoms with Crippen molar-refractivity contribution in [3.8, 4) is 0 Å². The Morgan fingerprint density at radius 2 is 2.33 bits per heavy atom. The zero-order valence-corrected chi connectivity index (χ0v) is 8.77. The van der Waals surface area contributed by atoms with Crippen LogP contribution in [0.15, 0.2) is 36.1 Å². The monoisotopic (exact) mass is 210 g/mol. The van der Waals surface area contributed by atoms with Crippen LogP contribution in [0.25, 0.3) is 0 Å². The second-order valence-electron chi connectivity index (χ2n) is 3.57. The topological polar surface area (TPSA) is 64.4 Å². The summed E-state index contributed by atoms with van der Waals surface area (Å²) in [5.74, 6) is 0. The molecule has 5 nitrogen and oxygen atoms in total. The average molecular weight is 210 g/mol. The lowest BCUT2D eigenvalue weighted by molar-refractivity contribution is -0.759. The van der Waals surface area contributed by atoms with Gasteiger partial charge in [0.2, 0.25) is 0 Å². The molecule has 0 heterocycles. The van der Waals surface area contributed by atoms with E-state index in [4.69, 9.17) is 0 Å². The Hall–Kier alpha value is -1.78. The third kappa shape index (κ3) is 3.46. The zero-order valence-electron chi connectivity index (χ0n) is 8.77. The van der Waals surface area contributed by atoms with Crippen LogP contribution in [-0.2, 0) is 4.84 Å². The summed E-state index contributed by atoms with van der Waals surface area (Å²) in [5, 5.41) is 12.3. The lowest BCUT2D eigenvalue weighted by Crippen LogP contribution is -2.20. The SMILES string of the molecule is CNC1=CC=CC(C)(CO[N+](=O)[O-])C=C1. The first-order valence-corrected chi connectivity index (χ1v) is 4.59. The fraction of sp³-hybridized carbons (Fsp3) is 0.400. The predicted molar refractivity (Wildman–Crippen MR) is 56.5 cm³/mol. The number of rotatable bonds is 4. The van der Waals surface area contributed by atoms with Gasteiger partial charge in [0.05, 0.1) is 0 Å². The number of likely N-dealkylation sites (N-methyl/N-ethyl adjacent to an activating group) is 1. The third-order valence-corrected chi connectivity index (χ3v) is 2.17. The standard InChI is InChI=1S/C10H14N2O3/c1-10(8-15-12(13)14)6-3-4-9(11-2)5-7-10/h3-7,11H,8H2,1-2H3. The first kappa shape index (κ1) is 11.3. The van der Waals surface area contributed by atoms with Crippen molar-refractivity contribution in [1.29, 1.82) is 0 Å². The first-order chi connectivity index (χ1) is 7.06. The van der Waals surface area contributed by atoms with Gasteiger partial charge in [0.15, 0.2) is 0 Å². The molecule has 0 saturated carbocycles. The minimum atomic E-state index is -0.774. The summed E-state index contributed by atoms with van der Waals surface area (Å²) in [6, 6.07) is 0. The van der Waals surface area contributed by atoms with E-state index in [-0.39, 0.29) is 6.61 Å². The Balaban J connectivity index is 2.68. The summed E-state index contributed by atoms with van der Waals surface area (Å²) in [7, 11) is 1.82. The smallest absolute Gasteiger partial charge is 0.294 e. The molecule has 0 aromatic rings. The van der Waals surface area contributed by atoms with Crippen molar-refractivity contribution in [3.05, 3.63) is 46.2 Å². The minimum absolute atomic E-state index is 0.0256. The van der Waals surface area contributed by atoms with E-state index < -0.39 is 10.5 Å². The van der Waals surface area contributed by atoms with Crippen LogP contribution in [0.4, 0.5) is 0 Å². The van der Waals surface area contributed by atoms with Crippen molar-refractivity contribution < 1.29 is 9.92 Å². The van der Waals surface area contributed by atoms with Crippen molar-refractivity contribution in [2.75, 3.05) is 13.7 Å². The van der Waals surface area contributed by atoms with E-state index >= 15 is 0 Å². The maximum absolute atomic E-state index is 10.1. The molecule has 1 unspecified atom stereocenters. The molecule has 82 valence electrons. The maximum atomic E-state index is 10.1. The first-order valence-electron chi connectivity index (χ1n) is 4.59. The summed E-state index contributed by atoms with van der Waals surface area (Å²) in [6.07, 6.45) is 9.38. The Bertz CT molecular complexity index is 334. The molecule has 5 heteroatoms. The molecular formula is C10H14N2O3. The van der Waals surface area contributed by atoms with Crippen molar-refractivity contribution in [3.63, 3.8) is 0 Å². The summed E-state index contributed by atoms with van der Waals surface area (Å²) in [6.45, 7) is 1.90. The minimum Gasteiger partial charge on any atom is -0.388 e. The molecular weight excluding hydrogens is 196 g/mol. The van der Waals surface area contributed by atoms with E-state index in [1.165, 1.54) is 0 Å². The lowest BCUT2D eigenvalue weighted by Gasteiger charge is -2.19. The number of nitrogens with one attached hydrogen (secondary N) is 1. The fourth-order valence-corrected chi connectivity index (χ4v) is 1.22. The van der Waals surface area contributed by atoms with Gasteiger partial charge >= 0.3 is 0 Å². The van der Waals surface area contributed by atoms with Gasteiger partial charge in [-0.1, -0.05) is 25.2 Å². The van der Waals surface area contributed by atoms with Crippen LogP contribution in [0.1, 0.15) is 6.92 Å². The Morgan fingerprint density at radius 1 is 1.60 bits per heavy atom. The van der Waals surface area contributed by atoms with Gasteiger partial charge in [0.1, 0.15) is 6.61 Å². The van der Waals surface area contributed by atoms with Crippen molar-refractivity contribution in [2.45, 2.75) is 6.92 Å². The molecule has 15 heavy (non-hydrogen) atoms. The Kier molecular flexibility index (Phi) is 3.49. The second-order valence-corrected chi connectivity index (χ2v) is 3.57. The highest BCUT2D eigenvalue weighted by Crippen LogP contribution is 2.23. The predicted octanol–water partition coefficient (Wildman–Crippen LogP) is 1.43. The van der Waals surface area contributed by atoms with Crippen LogP contribution < -0.4 is 5.32 Å². The van der Waals surface area contributed by atoms with Gasteiger partial charge in [0.25, 0.3) is 5.09 Å². The second kappa shape index (κ2) is 4.63. The Morgan fingerprint density at radius 3 is 2.93 bits per heavy atom. The largest absolute Gasteiger partial charge is 0.388 e. The van der Waals surface area contributed by atoms with E-state index in [2.05, 4.69) is 10.2 Å². The molecule has 0 radical (unpaired) electrons. The maximum Gasteiger partial charge on any atom is 0.294 e. The molecule has 0 aromatic carbocycles. The molecule has 0 amide bonds. The fourth-order valence-electron chi connectivity index (χ4n) is 1.22. The molecule has 0 aliphatic heterocycles. The van der Waals surface area contributed by atoms with Gasteiger partial charge in [-0.3, -0.25) is 0 Å². The van der Waals surface area contributed by atoms with Crippen LogP contribution in [0.5, 0.6) is 0 Å². The molecule has 0 saturated heterocycles. The highest BCUT2D eigenvalue weighted by atomic mass is 16.9. The Labute approximate surface area is 88.2 Å². The van der Waals surface area contributed by atoms with E-state index in [0.29, 0.717) is 0 Å². The number of allylic oxidation sites excluding steroid dienone is 3. The number of hydrogen-bond acceptors (Lipinski definition) is 4. The molecule has 0 fully saturated rings. The van der Waals surface area contributed by atoms with Crippen molar-refractivity contribution in [2.24, 2.45) is 5.41 Å². The summed E-state index contributed by atoms with van der Waals surface area (Å²) in [5.41, 5.74) is 0.512. The van der Waals surface area contributed by atoms with Gasteiger partial charge in [-0.25, -0.2) is 0 Å². The molecule has 0 aromatic heterocycles. The summed E-state index contributed by atoms with van der Waals surface area (Å²) in [4.78, 5) is 14.5. The zero-order chi connectivity index (χ0) is 11.3. The number of nitrogens with zero attached hydrogens (tertiary/aromatic N) is 1. The quantitative estimate of drug-likeness (QED) is 0.563. The van der Waals surface area contributed by atoms with Gasteiger partial charge < -0.3 is 10.2 Å².